The third-order valence-electron chi connectivity index (χ3n) is 4.64. The Morgan fingerprint density at radius 2 is 1.56 bits per heavy atom. The average Bonchev–Trinajstić information content (AvgIpc) is 2.71. The van der Waals surface area contributed by atoms with Crippen LogP contribution in [-0.4, -0.2) is 24.9 Å². The number of hydrogen-bond donors (Lipinski definition) is 2. The highest BCUT2D eigenvalue weighted by atomic mass is 16.2. The van der Waals surface area contributed by atoms with Gasteiger partial charge >= 0.3 is 0 Å². The number of amides is 2. The summed E-state index contributed by atoms with van der Waals surface area (Å²) >= 11 is 0. The van der Waals surface area contributed by atoms with Gasteiger partial charge in [0.15, 0.2) is 0 Å². The molecule has 0 aliphatic heterocycles. The van der Waals surface area contributed by atoms with Crippen molar-refractivity contribution in [2.45, 2.75) is 25.3 Å². The number of hydrogen-bond acceptors (Lipinski definition) is 2. The second-order valence-corrected chi connectivity index (χ2v) is 6.61. The maximum atomic E-state index is 12.4. The van der Waals surface area contributed by atoms with Crippen LogP contribution in [0.1, 0.15) is 17.5 Å². The largest absolute Gasteiger partial charge is 0.357 e. The number of fused-ring (bicyclic) bond motifs is 1. The Labute approximate surface area is 159 Å². The van der Waals surface area contributed by atoms with Gasteiger partial charge in [0.05, 0.1) is 0 Å². The Balaban J connectivity index is 1.60. The maximum Gasteiger partial charge on any atom is 0.242 e. The van der Waals surface area contributed by atoms with Crippen molar-refractivity contribution in [1.29, 1.82) is 0 Å². The number of nitrogens with one attached hydrogen (secondary N) is 2. The lowest BCUT2D eigenvalue weighted by Crippen LogP contribution is -2.47. The molecule has 2 N–H and O–H groups in total. The molecule has 27 heavy (non-hydrogen) atoms. The summed E-state index contributed by atoms with van der Waals surface area (Å²) in [6.07, 6.45) is 1.46. The van der Waals surface area contributed by atoms with E-state index in [-0.39, 0.29) is 11.8 Å². The van der Waals surface area contributed by atoms with Crippen LogP contribution < -0.4 is 10.6 Å². The van der Waals surface area contributed by atoms with Crippen LogP contribution in [0.15, 0.2) is 72.8 Å². The Morgan fingerprint density at radius 3 is 2.30 bits per heavy atom. The molecule has 0 heterocycles. The van der Waals surface area contributed by atoms with E-state index in [1.165, 1.54) is 10.8 Å². The zero-order valence-corrected chi connectivity index (χ0v) is 15.4. The number of likely N-dealkylation sites (N-methyl/N-ethyl adjacent to an activating group) is 1. The van der Waals surface area contributed by atoms with Gasteiger partial charge in [0, 0.05) is 19.9 Å². The first-order valence-corrected chi connectivity index (χ1v) is 9.18. The molecule has 0 spiro atoms. The van der Waals surface area contributed by atoms with Crippen LogP contribution >= 0.6 is 0 Å². The summed E-state index contributed by atoms with van der Waals surface area (Å²) in [5, 5.41) is 7.86. The van der Waals surface area contributed by atoms with E-state index in [9.17, 15) is 9.59 Å². The van der Waals surface area contributed by atoms with E-state index in [4.69, 9.17) is 0 Å². The molecular weight excluding hydrogens is 336 g/mol. The minimum Gasteiger partial charge on any atom is -0.357 e. The number of carbonyl (C=O) groups is 2. The van der Waals surface area contributed by atoms with Crippen molar-refractivity contribution in [3.05, 3.63) is 83.9 Å². The summed E-state index contributed by atoms with van der Waals surface area (Å²) < 4.78 is 0. The summed E-state index contributed by atoms with van der Waals surface area (Å²) in [4.78, 5) is 24.6. The molecule has 1 atom stereocenters. The lowest BCUT2D eigenvalue weighted by molar-refractivity contribution is -0.128. The maximum absolute atomic E-state index is 12.4. The fourth-order valence-electron chi connectivity index (χ4n) is 3.15. The van der Waals surface area contributed by atoms with Crippen LogP contribution in [0, 0.1) is 0 Å². The number of carbonyl (C=O) groups excluding carboxylic acids is 2. The number of aryl methyl sites for hydroxylation is 1. The van der Waals surface area contributed by atoms with E-state index < -0.39 is 6.04 Å². The molecule has 3 aromatic rings. The van der Waals surface area contributed by atoms with Gasteiger partial charge in [-0.3, -0.25) is 9.59 Å². The van der Waals surface area contributed by atoms with E-state index >= 15 is 0 Å². The molecular formula is C23H24N2O2. The smallest absolute Gasteiger partial charge is 0.242 e. The molecule has 4 heteroatoms. The van der Waals surface area contributed by atoms with Gasteiger partial charge in [-0.2, -0.15) is 0 Å². The first-order valence-electron chi connectivity index (χ1n) is 9.18. The molecule has 0 aromatic heterocycles. The second-order valence-electron chi connectivity index (χ2n) is 6.61. The Hall–Kier alpha value is -3.14. The lowest BCUT2D eigenvalue weighted by atomic mass is 10.0. The lowest BCUT2D eigenvalue weighted by Gasteiger charge is -2.17. The quantitative estimate of drug-likeness (QED) is 0.679. The predicted octanol–water partition coefficient (Wildman–Crippen LogP) is 3.25. The highest BCUT2D eigenvalue weighted by Gasteiger charge is 2.20. The van der Waals surface area contributed by atoms with Crippen LogP contribution in [0.25, 0.3) is 10.8 Å². The Kier molecular flexibility index (Phi) is 6.21. The predicted molar refractivity (Wildman–Crippen MR) is 108 cm³/mol. The summed E-state index contributed by atoms with van der Waals surface area (Å²) in [7, 11) is 1.58. The second kappa shape index (κ2) is 8.99. The van der Waals surface area contributed by atoms with Crippen LogP contribution in [0.3, 0.4) is 0 Å². The van der Waals surface area contributed by atoms with Gasteiger partial charge in [-0.25, -0.2) is 0 Å². The van der Waals surface area contributed by atoms with Gasteiger partial charge in [0.25, 0.3) is 0 Å². The topological polar surface area (TPSA) is 58.2 Å². The van der Waals surface area contributed by atoms with E-state index in [1.54, 1.807) is 7.05 Å². The SMILES string of the molecule is CNC(=O)[C@@H](Cc1ccccc1)NC(=O)CCc1ccc2ccccc2c1. The van der Waals surface area contributed by atoms with Gasteiger partial charge in [0.2, 0.25) is 11.8 Å². The molecule has 0 fully saturated rings. The average molecular weight is 360 g/mol. The van der Waals surface area contributed by atoms with E-state index in [2.05, 4.69) is 41.0 Å². The number of rotatable bonds is 7. The minimum absolute atomic E-state index is 0.118. The monoisotopic (exact) mass is 360 g/mol. The molecule has 0 saturated heterocycles. The van der Waals surface area contributed by atoms with Gasteiger partial charge in [-0.1, -0.05) is 72.8 Å². The van der Waals surface area contributed by atoms with E-state index in [1.807, 2.05) is 42.5 Å². The first-order chi connectivity index (χ1) is 13.2. The molecule has 2 amide bonds. The van der Waals surface area contributed by atoms with Gasteiger partial charge < -0.3 is 10.6 Å². The van der Waals surface area contributed by atoms with Gasteiger partial charge in [0.1, 0.15) is 6.04 Å². The molecule has 0 radical (unpaired) electrons. The number of benzene rings is 3. The highest BCUT2D eigenvalue weighted by Crippen LogP contribution is 2.16. The third-order valence-corrected chi connectivity index (χ3v) is 4.64. The molecule has 0 aliphatic rings. The molecule has 0 saturated carbocycles. The van der Waals surface area contributed by atoms with Crippen molar-refractivity contribution in [2.24, 2.45) is 0 Å². The van der Waals surface area contributed by atoms with Crippen molar-refractivity contribution in [1.82, 2.24) is 10.6 Å². The standard InChI is InChI=1S/C23H24N2O2/c1-24-23(27)21(16-17-7-3-2-4-8-17)25-22(26)14-12-18-11-13-19-9-5-6-10-20(19)15-18/h2-11,13,15,21H,12,14,16H2,1H3,(H,24,27)(H,25,26)/t21-/m1/s1. The summed E-state index contributed by atoms with van der Waals surface area (Å²) in [6, 6.07) is 23.5. The fourth-order valence-corrected chi connectivity index (χ4v) is 3.15. The van der Waals surface area contributed by atoms with Crippen molar-refractivity contribution in [3.8, 4) is 0 Å². The fraction of sp³-hybridized carbons (Fsp3) is 0.217. The Morgan fingerprint density at radius 1 is 0.852 bits per heavy atom. The first kappa shape index (κ1) is 18.6. The summed E-state index contributed by atoms with van der Waals surface area (Å²) in [6.45, 7) is 0. The molecule has 3 aromatic carbocycles. The van der Waals surface area contributed by atoms with Crippen molar-refractivity contribution in [2.75, 3.05) is 7.05 Å². The molecule has 0 aliphatic carbocycles. The highest BCUT2D eigenvalue weighted by molar-refractivity contribution is 5.88. The van der Waals surface area contributed by atoms with E-state index in [0.717, 1.165) is 11.1 Å². The molecule has 138 valence electrons. The van der Waals surface area contributed by atoms with Crippen LogP contribution in [0.5, 0.6) is 0 Å². The van der Waals surface area contributed by atoms with Crippen molar-refractivity contribution >= 4 is 22.6 Å². The molecule has 0 unspecified atom stereocenters. The summed E-state index contributed by atoms with van der Waals surface area (Å²) in [5.74, 6) is -0.300. The van der Waals surface area contributed by atoms with Crippen LogP contribution in [-0.2, 0) is 22.4 Å². The van der Waals surface area contributed by atoms with Crippen LogP contribution in [0.4, 0.5) is 0 Å². The zero-order chi connectivity index (χ0) is 19.1. The normalized spacial score (nSPS) is 11.7. The van der Waals surface area contributed by atoms with Crippen molar-refractivity contribution in [3.63, 3.8) is 0 Å². The zero-order valence-electron chi connectivity index (χ0n) is 15.4. The van der Waals surface area contributed by atoms with Gasteiger partial charge in [-0.15, -0.1) is 0 Å². The molecule has 3 rings (SSSR count). The minimum atomic E-state index is -0.568. The summed E-state index contributed by atoms with van der Waals surface area (Å²) in [5.41, 5.74) is 2.13. The molecule has 4 nitrogen and oxygen atoms in total. The van der Waals surface area contributed by atoms with Crippen LogP contribution in [0.2, 0.25) is 0 Å². The third kappa shape index (κ3) is 5.17. The van der Waals surface area contributed by atoms with Gasteiger partial charge in [-0.05, 0) is 28.3 Å². The Bertz CT molecular complexity index is 922. The van der Waals surface area contributed by atoms with E-state index in [0.29, 0.717) is 19.3 Å². The molecule has 0 bridgehead atoms. The van der Waals surface area contributed by atoms with Crippen molar-refractivity contribution < 1.29 is 9.59 Å².